The molecule has 0 aliphatic carbocycles. The molecule has 6 aromatic carbocycles. The van der Waals surface area contributed by atoms with Gasteiger partial charge in [-0.2, -0.15) is 0 Å². The molecule has 244 valence electrons. The minimum Gasteiger partial charge on any atom is -0.309 e. The molecule has 0 aliphatic rings. The summed E-state index contributed by atoms with van der Waals surface area (Å²) < 4.78 is 36.2. The Balaban J connectivity index is 1.56. The summed E-state index contributed by atoms with van der Waals surface area (Å²) in [5.74, 6) is -1.17. The van der Waals surface area contributed by atoms with Gasteiger partial charge < -0.3 is 9.13 Å². The average molecular weight is 647 g/mol. The highest BCUT2D eigenvalue weighted by Crippen LogP contribution is 2.44. The fourth-order valence-corrected chi connectivity index (χ4v) is 7.55. The van der Waals surface area contributed by atoms with E-state index >= 15 is 8.78 Å². The molecule has 2 nitrogen and oxygen atoms in total. The van der Waals surface area contributed by atoms with Gasteiger partial charge in [0, 0.05) is 27.1 Å². The minimum atomic E-state index is -0.587. The maximum Gasteiger partial charge on any atom is 0.134 e. The average Bonchev–Trinajstić information content (AvgIpc) is 3.56. The zero-order valence-electron chi connectivity index (χ0n) is 29.1. The largest absolute Gasteiger partial charge is 0.309 e. The Hall–Kier alpha value is -5.22. The summed E-state index contributed by atoms with van der Waals surface area (Å²) in [6.45, 7) is 15.4. The molecular weight excluding hydrogens is 607 g/mol. The summed E-state index contributed by atoms with van der Waals surface area (Å²) in [7, 11) is 0. The Morgan fingerprint density at radius 2 is 0.939 bits per heavy atom. The SMILES string of the molecule is Cc1c(-n2c3ccccc3c3ccc(C(C)(C)C)cc32)ccc(-c2c(F)cccc2F)c1-n1c2ccccc2c2ccc(C(C)(C)C)cc21. The standard InChI is InChI=1S/C45H40F2N2/c1-27-37(48-38-17-10-8-13-30(38)32-21-19-28(25-40(32)48)44(2,3)4)24-23-34(42-35(46)15-12-16-36(42)47)43(27)49-39-18-11-9-14-31(39)33-22-20-29(26-41(33)49)45(5,6)7/h8-26H,1-7H3. The highest BCUT2D eigenvalue weighted by Gasteiger charge is 2.26. The number of aromatic nitrogens is 2. The van der Waals surface area contributed by atoms with Crippen LogP contribution in [0, 0.1) is 18.6 Å². The van der Waals surface area contributed by atoms with Crippen LogP contribution < -0.4 is 0 Å². The fourth-order valence-electron chi connectivity index (χ4n) is 7.55. The molecule has 0 aliphatic heterocycles. The predicted molar refractivity (Wildman–Crippen MR) is 203 cm³/mol. The lowest BCUT2D eigenvalue weighted by Gasteiger charge is -2.23. The molecule has 2 aromatic heterocycles. The molecule has 0 bridgehead atoms. The number of rotatable bonds is 3. The van der Waals surface area contributed by atoms with Crippen molar-refractivity contribution in [3.8, 4) is 22.5 Å². The quantitative estimate of drug-likeness (QED) is 0.181. The van der Waals surface area contributed by atoms with E-state index in [2.05, 4.69) is 136 Å². The first-order valence-corrected chi connectivity index (χ1v) is 17.0. The van der Waals surface area contributed by atoms with Gasteiger partial charge in [0.1, 0.15) is 11.6 Å². The van der Waals surface area contributed by atoms with E-state index in [-0.39, 0.29) is 16.4 Å². The van der Waals surface area contributed by atoms with E-state index in [0.29, 0.717) is 5.56 Å². The van der Waals surface area contributed by atoms with Crippen LogP contribution in [0.5, 0.6) is 0 Å². The van der Waals surface area contributed by atoms with E-state index in [1.54, 1.807) is 0 Å². The van der Waals surface area contributed by atoms with Crippen molar-refractivity contribution in [1.82, 2.24) is 9.13 Å². The first kappa shape index (κ1) is 31.1. The van der Waals surface area contributed by atoms with Gasteiger partial charge in [0.05, 0.1) is 39.0 Å². The summed E-state index contributed by atoms with van der Waals surface area (Å²) in [6.07, 6.45) is 0. The molecule has 2 heterocycles. The zero-order valence-corrected chi connectivity index (χ0v) is 29.1. The van der Waals surface area contributed by atoms with Gasteiger partial charge in [0.15, 0.2) is 0 Å². The van der Waals surface area contributed by atoms with E-state index < -0.39 is 11.6 Å². The summed E-state index contributed by atoms with van der Waals surface area (Å²) in [4.78, 5) is 0. The summed E-state index contributed by atoms with van der Waals surface area (Å²) in [5.41, 5.74) is 9.59. The van der Waals surface area contributed by atoms with Crippen LogP contribution in [-0.4, -0.2) is 9.13 Å². The van der Waals surface area contributed by atoms with Crippen molar-refractivity contribution < 1.29 is 8.78 Å². The lowest BCUT2D eigenvalue weighted by Crippen LogP contribution is -2.11. The highest BCUT2D eigenvalue weighted by atomic mass is 19.1. The second-order valence-electron chi connectivity index (χ2n) is 15.4. The molecular formula is C45H40F2N2. The molecule has 0 fully saturated rings. The van der Waals surface area contributed by atoms with E-state index in [9.17, 15) is 0 Å². The Kier molecular flexibility index (Phi) is 6.91. The van der Waals surface area contributed by atoms with Crippen LogP contribution in [0.3, 0.4) is 0 Å². The summed E-state index contributed by atoms with van der Waals surface area (Å²) in [6, 6.07) is 38.3. The zero-order chi connectivity index (χ0) is 34.4. The van der Waals surface area contributed by atoms with Crippen molar-refractivity contribution in [2.24, 2.45) is 0 Å². The maximum atomic E-state index is 15.8. The van der Waals surface area contributed by atoms with Crippen molar-refractivity contribution in [1.29, 1.82) is 0 Å². The third kappa shape index (κ3) is 4.80. The van der Waals surface area contributed by atoms with Gasteiger partial charge in [-0.1, -0.05) is 108 Å². The monoisotopic (exact) mass is 646 g/mol. The number of fused-ring (bicyclic) bond motifs is 6. The lowest BCUT2D eigenvalue weighted by atomic mass is 9.86. The first-order valence-electron chi connectivity index (χ1n) is 17.0. The van der Waals surface area contributed by atoms with Crippen LogP contribution in [0.25, 0.3) is 66.1 Å². The van der Waals surface area contributed by atoms with Crippen LogP contribution in [-0.2, 0) is 10.8 Å². The van der Waals surface area contributed by atoms with Gasteiger partial charge in [-0.25, -0.2) is 8.78 Å². The molecule has 0 saturated carbocycles. The molecule has 0 spiro atoms. The first-order chi connectivity index (χ1) is 23.3. The van der Waals surface area contributed by atoms with Gasteiger partial charge in [0.25, 0.3) is 0 Å². The van der Waals surface area contributed by atoms with Crippen molar-refractivity contribution in [3.05, 3.63) is 144 Å². The lowest BCUT2D eigenvalue weighted by molar-refractivity contribution is 0.589. The minimum absolute atomic E-state index is 0.0256. The van der Waals surface area contributed by atoms with E-state index in [1.807, 2.05) is 18.2 Å². The van der Waals surface area contributed by atoms with Crippen molar-refractivity contribution in [3.63, 3.8) is 0 Å². The van der Waals surface area contributed by atoms with Gasteiger partial charge in [0.2, 0.25) is 0 Å². The number of hydrogen-bond acceptors (Lipinski definition) is 0. The van der Waals surface area contributed by atoms with E-state index in [1.165, 1.54) is 34.7 Å². The van der Waals surface area contributed by atoms with Gasteiger partial charge in [-0.05, 0) is 83.0 Å². The van der Waals surface area contributed by atoms with Crippen LogP contribution in [0.4, 0.5) is 8.78 Å². The molecule has 0 amide bonds. The van der Waals surface area contributed by atoms with Crippen molar-refractivity contribution >= 4 is 43.6 Å². The number of halogens is 2. The number of benzene rings is 6. The van der Waals surface area contributed by atoms with E-state index in [4.69, 9.17) is 0 Å². The van der Waals surface area contributed by atoms with Gasteiger partial charge >= 0.3 is 0 Å². The van der Waals surface area contributed by atoms with Crippen LogP contribution in [0.1, 0.15) is 58.2 Å². The molecule has 0 radical (unpaired) electrons. The molecule has 0 unspecified atom stereocenters. The van der Waals surface area contributed by atoms with Crippen LogP contribution in [0.2, 0.25) is 0 Å². The molecule has 8 rings (SSSR count). The summed E-state index contributed by atoms with van der Waals surface area (Å²) >= 11 is 0. The molecule has 4 heteroatoms. The smallest absolute Gasteiger partial charge is 0.134 e. The fraction of sp³-hybridized carbons (Fsp3) is 0.200. The van der Waals surface area contributed by atoms with Gasteiger partial charge in [-0.15, -0.1) is 0 Å². The number of nitrogens with zero attached hydrogens (tertiary/aromatic N) is 2. The Bertz CT molecular complexity index is 2580. The molecule has 0 N–H and O–H groups in total. The topological polar surface area (TPSA) is 9.86 Å². The highest BCUT2D eigenvalue weighted by molar-refractivity contribution is 6.11. The Labute approximate surface area is 286 Å². The second-order valence-corrected chi connectivity index (χ2v) is 15.4. The molecule has 8 aromatic rings. The summed E-state index contributed by atoms with van der Waals surface area (Å²) in [5, 5.41) is 4.52. The van der Waals surface area contributed by atoms with Crippen LogP contribution in [0.15, 0.2) is 115 Å². The Morgan fingerprint density at radius 3 is 1.47 bits per heavy atom. The number of hydrogen-bond donors (Lipinski definition) is 0. The third-order valence-corrected chi connectivity index (χ3v) is 10.2. The normalized spacial score (nSPS) is 12.6. The van der Waals surface area contributed by atoms with E-state index in [0.717, 1.165) is 55.2 Å². The molecule has 49 heavy (non-hydrogen) atoms. The number of para-hydroxylation sites is 2. The predicted octanol–water partition coefficient (Wildman–Crippen LogP) is 12.7. The van der Waals surface area contributed by atoms with Crippen molar-refractivity contribution in [2.75, 3.05) is 0 Å². The van der Waals surface area contributed by atoms with Gasteiger partial charge in [-0.3, -0.25) is 0 Å². The van der Waals surface area contributed by atoms with Crippen LogP contribution >= 0.6 is 0 Å². The second kappa shape index (κ2) is 10.9. The maximum absolute atomic E-state index is 15.8. The van der Waals surface area contributed by atoms with Crippen molar-refractivity contribution in [2.45, 2.75) is 59.3 Å². The molecule has 0 atom stereocenters. The molecule has 0 saturated heterocycles. The third-order valence-electron chi connectivity index (χ3n) is 10.2. The Morgan fingerprint density at radius 1 is 0.469 bits per heavy atom.